The van der Waals surface area contributed by atoms with Crippen LogP contribution in [0.4, 0.5) is 10.5 Å². The van der Waals surface area contributed by atoms with Gasteiger partial charge in [-0.05, 0) is 31.2 Å². The Balaban J connectivity index is 1.86. The van der Waals surface area contributed by atoms with Crippen LogP contribution in [0, 0.1) is 0 Å². The molecule has 0 saturated carbocycles. The molecular weight excluding hydrogens is 364 g/mol. The fourth-order valence-corrected chi connectivity index (χ4v) is 4.69. The molecule has 124 valence electrons. The number of rotatable bonds is 2. The summed E-state index contributed by atoms with van der Waals surface area (Å²) >= 11 is 7.83. The normalized spacial score (nSPS) is 20.2. The third kappa shape index (κ3) is 2.97. The van der Waals surface area contributed by atoms with Gasteiger partial charge in [0.1, 0.15) is 0 Å². The molecule has 0 aromatic heterocycles. The lowest BCUT2D eigenvalue weighted by atomic mass is 10.3. The van der Waals surface area contributed by atoms with Gasteiger partial charge >= 0.3 is 6.09 Å². The van der Waals surface area contributed by atoms with Crippen LogP contribution in [0.2, 0.25) is 0 Å². The SMILES string of the molecule is CCN1/C(=C\C=C2/SC(=S)N(C(=O)OC)C2=O)Sc2ccccc21. The van der Waals surface area contributed by atoms with Gasteiger partial charge < -0.3 is 9.64 Å². The van der Waals surface area contributed by atoms with E-state index < -0.39 is 12.0 Å². The predicted molar refractivity (Wildman–Crippen MR) is 101 cm³/mol. The minimum Gasteiger partial charge on any atom is -0.452 e. The fraction of sp³-hybridized carbons (Fsp3) is 0.188. The second-order valence-corrected chi connectivity index (χ2v) is 7.57. The van der Waals surface area contributed by atoms with Crippen molar-refractivity contribution in [3.63, 3.8) is 0 Å². The molecule has 1 fully saturated rings. The number of methoxy groups -OCH3 is 1. The number of imide groups is 1. The molecule has 0 atom stereocenters. The van der Waals surface area contributed by atoms with Gasteiger partial charge in [0.2, 0.25) is 0 Å². The molecule has 24 heavy (non-hydrogen) atoms. The van der Waals surface area contributed by atoms with Gasteiger partial charge in [-0.2, -0.15) is 4.90 Å². The van der Waals surface area contributed by atoms with Crippen molar-refractivity contribution in [2.24, 2.45) is 0 Å². The Kier molecular flexibility index (Phi) is 4.98. The van der Waals surface area contributed by atoms with E-state index in [1.54, 1.807) is 17.8 Å². The lowest BCUT2D eigenvalue weighted by Crippen LogP contribution is -2.34. The molecule has 0 bridgehead atoms. The first-order valence-corrected chi connectivity index (χ1v) is 9.21. The number of hydrogen-bond donors (Lipinski definition) is 0. The van der Waals surface area contributed by atoms with Crippen molar-refractivity contribution in [3.05, 3.63) is 46.4 Å². The van der Waals surface area contributed by atoms with Crippen LogP contribution in [0.15, 0.2) is 51.2 Å². The number of amides is 2. The number of para-hydroxylation sites is 1. The summed E-state index contributed by atoms with van der Waals surface area (Å²) in [6.45, 7) is 2.90. The number of carbonyl (C=O) groups excluding carboxylic acids is 2. The quantitative estimate of drug-likeness (QED) is 0.570. The number of ether oxygens (including phenoxy) is 1. The van der Waals surface area contributed by atoms with E-state index in [4.69, 9.17) is 12.2 Å². The molecule has 0 aliphatic carbocycles. The Morgan fingerprint density at radius 1 is 1.29 bits per heavy atom. The largest absolute Gasteiger partial charge is 0.452 e. The molecule has 1 aromatic carbocycles. The van der Waals surface area contributed by atoms with E-state index in [-0.39, 0.29) is 4.32 Å². The maximum atomic E-state index is 12.3. The van der Waals surface area contributed by atoms with Crippen molar-refractivity contribution in [3.8, 4) is 0 Å². The van der Waals surface area contributed by atoms with E-state index in [2.05, 4.69) is 28.7 Å². The summed E-state index contributed by atoms with van der Waals surface area (Å²) in [5.74, 6) is -0.447. The number of hydrogen-bond acceptors (Lipinski definition) is 7. The van der Waals surface area contributed by atoms with Crippen molar-refractivity contribution in [1.29, 1.82) is 0 Å². The van der Waals surface area contributed by atoms with Crippen LogP contribution in [0.3, 0.4) is 0 Å². The zero-order valence-electron chi connectivity index (χ0n) is 13.0. The van der Waals surface area contributed by atoms with E-state index in [0.717, 1.165) is 33.9 Å². The highest BCUT2D eigenvalue weighted by Crippen LogP contribution is 2.45. The topological polar surface area (TPSA) is 49.9 Å². The molecule has 0 N–H and O–H groups in total. The van der Waals surface area contributed by atoms with Gasteiger partial charge in [0.05, 0.1) is 22.7 Å². The molecule has 2 heterocycles. The van der Waals surface area contributed by atoms with Gasteiger partial charge in [-0.3, -0.25) is 4.79 Å². The average Bonchev–Trinajstić information content (AvgIpc) is 3.08. The van der Waals surface area contributed by atoms with Crippen molar-refractivity contribution in [1.82, 2.24) is 4.90 Å². The number of carbonyl (C=O) groups is 2. The molecule has 0 radical (unpaired) electrons. The van der Waals surface area contributed by atoms with Crippen molar-refractivity contribution < 1.29 is 14.3 Å². The van der Waals surface area contributed by atoms with Gasteiger partial charge in [-0.1, -0.05) is 47.9 Å². The molecule has 1 saturated heterocycles. The summed E-state index contributed by atoms with van der Waals surface area (Å²) in [4.78, 5) is 28.5. The van der Waals surface area contributed by atoms with Crippen molar-refractivity contribution >= 4 is 57.7 Å². The van der Waals surface area contributed by atoms with E-state index in [1.165, 1.54) is 12.0 Å². The molecule has 2 aliphatic heterocycles. The molecule has 0 spiro atoms. The molecule has 2 amide bonds. The highest BCUT2D eigenvalue weighted by Gasteiger charge is 2.37. The number of nitrogens with zero attached hydrogens (tertiary/aromatic N) is 2. The lowest BCUT2D eigenvalue weighted by Gasteiger charge is -2.17. The Labute approximate surface area is 153 Å². The number of thiocarbonyl (C=S) groups is 1. The molecule has 2 aliphatic rings. The fourth-order valence-electron chi connectivity index (χ4n) is 2.38. The van der Waals surface area contributed by atoms with Crippen molar-refractivity contribution in [2.45, 2.75) is 11.8 Å². The number of thioether (sulfide) groups is 2. The first kappa shape index (κ1) is 17.1. The summed E-state index contributed by atoms with van der Waals surface area (Å²) in [7, 11) is 1.22. The zero-order chi connectivity index (χ0) is 17.3. The van der Waals surface area contributed by atoms with Gasteiger partial charge in [0.25, 0.3) is 5.91 Å². The lowest BCUT2D eigenvalue weighted by molar-refractivity contribution is -0.120. The van der Waals surface area contributed by atoms with Gasteiger partial charge in [0.15, 0.2) is 4.32 Å². The zero-order valence-corrected chi connectivity index (χ0v) is 15.5. The molecule has 3 rings (SSSR count). The Hall–Kier alpha value is -1.77. The average molecular weight is 379 g/mol. The van der Waals surface area contributed by atoms with Crippen LogP contribution < -0.4 is 4.90 Å². The third-order valence-electron chi connectivity index (χ3n) is 3.48. The standard InChI is InChI=1S/C16H14N2O3S3/c1-3-17-10-6-4-5-7-11(10)23-13(17)9-8-12-14(19)18(15(20)21-2)16(22)24-12/h4-9H,3H2,1-2H3/b12-8-,13-9+. The first-order valence-electron chi connectivity index (χ1n) is 7.17. The van der Waals surface area contributed by atoms with Gasteiger partial charge in [-0.25, -0.2) is 4.79 Å². The Bertz CT molecular complexity index is 789. The summed E-state index contributed by atoms with van der Waals surface area (Å²) in [6, 6.07) is 8.15. The number of anilines is 1. The minimum atomic E-state index is -0.758. The molecule has 1 aromatic rings. The van der Waals surface area contributed by atoms with Crippen LogP contribution in [0.5, 0.6) is 0 Å². The van der Waals surface area contributed by atoms with Crippen molar-refractivity contribution in [2.75, 3.05) is 18.6 Å². The van der Waals surface area contributed by atoms with Crippen LogP contribution in [0.1, 0.15) is 6.92 Å². The first-order chi connectivity index (χ1) is 11.6. The monoisotopic (exact) mass is 378 g/mol. The van der Waals surface area contributed by atoms with Crippen LogP contribution in [0.25, 0.3) is 0 Å². The third-order valence-corrected chi connectivity index (χ3v) is 5.93. The van der Waals surface area contributed by atoms with Gasteiger partial charge in [0, 0.05) is 11.4 Å². The molecular formula is C16H14N2O3S3. The predicted octanol–water partition coefficient (Wildman–Crippen LogP) is 3.97. The highest BCUT2D eigenvalue weighted by molar-refractivity contribution is 8.26. The van der Waals surface area contributed by atoms with Gasteiger partial charge in [-0.15, -0.1) is 0 Å². The molecule has 5 nitrogen and oxygen atoms in total. The maximum absolute atomic E-state index is 12.3. The molecule has 0 unspecified atom stereocenters. The molecule has 8 heteroatoms. The van der Waals surface area contributed by atoms with E-state index in [9.17, 15) is 9.59 Å². The second kappa shape index (κ2) is 7.00. The van der Waals surface area contributed by atoms with E-state index in [1.807, 2.05) is 18.2 Å². The second-order valence-electron chi connectivity index (χ2n) is 4.83. The minimum absolute atomic E-state index is 0.186. The number of benzene rings is 1. The maximum Gasteiger partial charge on any atom is 0.422 e. The van der Waals surface area contributed by atoms with Crippen LogP contribution >= 0.6 is 35.7 Å². The summed E-state index contributed by atoms with van der Waals surface area (Å²) in [5.41, 5.74) is 1.16. The summed E-state index contributed by atoms with van der Waals surface area (Å²) in [5, 5.41) is 1.03. The summed E-state index contributed by atoms with van der Waals surface area (Å²) < 4.78 is 4.77. The van der Waals surface area contributed by atoms with E-state index >= 15 is 0 Å². The summed E-state index contributed by atoms with van der Waals surface area (Å²) in [6.07, 6.45) is 2.84. The number of fused-ring (bicyclic) bond motifs is 1. The smallest absolute Gasteiger partial charge is 0.422 e. The van der Waals surface area contributed by atoms with Crippen LogP contribution in [-0.2, 0) is 9.53 Å². The highest BCUT2D eigenvalue weighted by atomic mass is 32.2. The Morgan fingerprint density at radius 3 is 2.75 bits per heavy atom. The van der Waals surface area contributed by atoms with Crippen LogP contribution in [-0.4, -0.2) is 34.9 Å². The van der Waals surface area contributed by atoms with E-state index in [0.29, 0.717) is 4.91 Å². The Morgan fingerprint density at radius 2 is 2.04 bits per heavy atom. The number of allylic oxidation sites excluding steroid dienone is 2.